The van der Waals surface area contributed by atoms with Gasteiger partial charge in [-0.25, -0.2) is 0 Å². The Kier molecular flexibility index (Phi) is 5.42. The topological polar surface area (TPSA) is 51.9 Å². The van der Waals surface area contributed by atoms with Gasteiger partial charge in [-0.15, -0.1) is 0 Å². The van der Waals surface area contributed by atoms with E-state index in [1.807, 2.05) is 72.8 Å². The van der Waals surface area contributed by atoms with Crippen LogP contribution in [-0.4, -0.2) is 26.3 Å². The minimum Gasteiger partial charge on any atom is -0.489 e. The Balaban J connectivity index is 1.50. The molecule has 4 aromatic rings. The van der Waals surface area contributed by atoms with Crippen LogP contribution in [0, 0.1) is 0 Å². The van der Waals surface area contributed by atoms with Crippen LogP contribution in [0.2, 0.25) is 0 Å². The monoisotopic (exact) mass is 413 g/mol. The van der Waals surface area contributed by atoms with Crippen molar-refractivity contribution in [3.05, 3.63) is 94.6 Å². The summed E-state index contributed by atoms with van der Waals surface area (Å²) in [6, 6.07) is 25.2. The number of ether oxygens (including phenoxy) is 2. The first-order chi connectivity index (χ1) is 15.3. The summed E-state index contributed by atoms with van der Waals surface area (Å²) in [5.74, 6) is 1.36. The first-order valence-electron chi connectivity index (χ1n) is 10.4. The van der Waals surface area contributed by atoms with E-state index in [-0.39, 0.29) is 5.43 Å². The number of para-hydroxylation sites is 1. The largest absolute Gasteiger partial charge is 0.489 e. The number of rotatable bonds is 5. The minimum atomic E-state index is -0.0407. The van der Waals surface area contributed by atoms with E-state index in [1.165, 1.54) is 0 Å². The van der Waals surface area contributed by atoms with Crippen LogP contribution in [-0.2, 0) is 11.3 Å². The predicted molar refractivity (Wildman–Crippen MR) is 122 cm³/mol. The van der Waals surface area contributed by atoms with Crippen LogP contribution in [0.3, 0.4) is 0 Å². The van der Waals surface area contributed by atoms with Crippen LogP contribution in [0.25, 0.3) is 22.1 Å². The molecule has 0 bridgehead atoms. The molecular formula is C26H23NO4. The smallest absolute Gasteiger partial charge is 0.200 e. The number of fused-ring (bicyclic) bond motifs is 1. The molecule has 0 aliphatic carbocycles. The molecule has 1 aliphatic rings. The molecule has 1 saturated heterocycles. The molecule has 1 aromatic heterocycles. The molecular weight excluding hydrogens is 390 g/mol. The Bertz CT molecular complexity index is 1240. The third-order valence-electron chi connectivity index (χ3n) is 5.46. The molecule has 0 saturated carbocycles. The van der Waals surface area contributed by atoms with Gasteiger partial charge in [-0.3, -0.25) is 4.79 Å². The summed E-state index contributed by atoms with van der Waals surface area (Å²) in [5, 5.41) is 0.574. The molecule has 5 nitrogen and oxygen atoms in total. The van der Waals surface area contributed by atoms with Gasteiger partial charge >= 0.3 is 0 Å². The van der Waals surface area contributed by atoms with Crippen molar-refractivity contribution in [3.8, 4) is 16.9 Å². The molecule has 5 heteroatoms. The summed E-state index contributed by atoms with van der Waals surface area (Å²) in [5.41, 5.74) is 3.48. The average molecular weight is 413 g/mol. The molecule has 31 heavy (non-hydrogen) atoms. The summed E-state index contributed by atoms with van der Waals surface area (Å²) in [7, 11) is 0. The van der Waals surface area contributed by atoms with Crippen molar-refractivity contribution in [2.24, 2.45) is 0 Å². The third kappa shape index (κ3) is 4.18. The lowest BCUT2D eigenvalue weighted by Gasteiger charge is -2.27. The van der Waals surface area contributed by atoms with Gasteiger partial charge in [0.2, 0.25) is 0 Å². The van der Waals surface area contributed by atoms with E-state index in [2.05, 4.69) is 4.90 Å². The van der Waals surface area contributed by atoms with Gasteiger partial charge in [0.15, 0.2) is 11.3 Å². The third-order valence-corrected chi connectivity index (χ3v) is 5.46. The molecule has 0 unspecified atom stereocenters. The SMILES string of the molecule is O=c1cc(N2CCOCC2)oc2c(-c3cccc(OCc4ccccc4)c3)cccc12. The Labute approximate surface area is 180 Å². The molecule has 1 aliphatic heterocycles. The maximum Gasteiger partial charge on any atom is 0.200 e. The summed E-state index contributed by atoms with van der Waals surface area (Å²) in [6.45, 7) is 3.17. The van der Waals surface area contributed by atoms with Gasteiger partial charge < -0.3 is 18.8 Å². The lowest BCUT2D eigenvalue weighted by molar-refractivity contribution is 0.121. The van der Waals surface area contributed by atoms with Gasteiger partial charge in [-0.1, -0.05) is 54.6 Å². The van der Waals surface area contributed by atoms with E-state index in [4.69, 9.17) is 13.9 Å². The van der Waals surface area contributed by atoms with Crippen molar-refractivity contribution >= 4 is 16.9 Å². The fourth-order valence-electron chi connectivity index (χ4n) is 3.83. The Morgan fingerprint density at radius 3 is 2.52 bits per heavy atom. The Hall–Kier alpha value is -3.57. The van der Waals surface area contributed by atoms with Crippen molar-refractivity contribution in [1.82, 2.24) is 0 Å². The van der Waals surface area contributed by atoms with E-state index in [9.17, 15) is 4.79 Å². The average Bonchev–Trinajstić information content (AvgIpc) is 2.84. The van der Waals surface area contributed by atoms with E-state index in [1.54, 1.807) is 6.07 Å². The van der Waals surface area contributed by atoms with Crippen LogP contribution < -0.4 is 15.1 Å². The van der Waals surface area contributed by atoms with E-state index >= 15 is 0 Å². The van der Waals surface area contributed by atoms with E-state index in [0.29, 0.717) is 49.8 Å². The second-order valence-corrected chi connectivity index (χ2v) is 7.53. The molecule has 0 atom stereocenters. The number of anilines is 1. The zero-order valence-electron chi connectivity index (χ0n) is 17.1. The number of hydrogen-bond donors (Lipinski definition) is 0. The maximum absolute atomic E-state index is 12.8. The van der Waals surface area contributed by atoms with Crippen LogP contribution in [0.15, 0.2) is 88.1 Å². The highest BCUT2D eigenvalue weighted by molar-refractivity contribution is 5.92. The van der Waals surface area contributed by atoms with Crippen molar-refractivity contribution < 1.29 is 13.9 Å². The van der Waals surface area contributed by atoms with Crippen molar-refractivity contribution in [2.75, 3.05) is 31.2 Å². The van der Waals surface area contributed by atoms with Gasteiger partial charge in [0.05, 0.1) is 18.6 Å². The second-order valence-electron chi connectivity index (χ2n) is 7.53. The van der Waals surface area contributed by atoms with Crippen molar-refractivity contribution in [2.45, 2.75) is 6.61 Å². The van der Waals surface area contributed by atoms with Crippen LogP contribution in [0.4, 0.5) is 5.88 Å². The molecule has 5 rings (SSSR count). The first-order valence-corrected chi connectivity index (χ1v) is 10.4. The minimum absolute atomic E-state index is 0.0407. The number of morpholine rings is 1. The Morgan fingerprint density at radius 2 is 1.68 bits per heavy atom. The van der Waals surface area contributed by atoms with Crippen LogP contribution in [0.5, 0.6) is 5.75 Å². The number of benzene rings is 3. The van der Waals surface area contributed by atoms with E-state index < -0.39 is 0 Å². The fraction of sp³-hybridized carbons (Fsp3) is 0.192. The van der Waals surface area contributed by atoms with Gasteiger partial charge in [-0.2, -0.15) is 0 Å². The molecule has 156 valence electrons. The molecule has 1 fully saturated rings. The zero-order valence-corrected chi connectivity index (χ0v) is 17.1. The standard InChI is InChI=1S/C26H23NO4/c28-24-17-25(27-12-14-29-15-13-27)31-26-22(10-5-11-23(24)26)20-8-4-9-21(16-20)30-18-19-6-2-1-3-7-19/h1-11,16-17H,12-15,18H2. The molecule has 0 amide bonds. The summed E-state index contributed by atoms with van der Waals surface area (Å²) < 4.78 is 17.7. The van der Waals surface area contributed by atoms with E-state index in [0.717, 1.165) is 22.4 Å². The summed E-state index contributed by atoms with van der Waals surface area (Å²) >= 11 is 0. The summed E-state index contributed by atoms with van der Waals surface area (Å²) in [6.07, 6.45) is 0. The lowest BCUT2D eigenvalue weighted by Crippen LogP contribution is -2.36. The maximum atomic E-state index is 12.8. The number of hydrogen-bond acceptors (Lipinski definition) is 5. The fourth-order valence-corrected chi connectivity index (χ4v) is 3.83. The zero-order chi connectivity index (χ0) is 21.0. The Morgan fingerprint density at radius 1 is 0.871 bits per heavy atom. The van der Waals surface area contributed by atoms with Crippen LogP contribution >= 0.6 is 0 Å². The van der Waals surface area contributed by atoms with Crippen molar-refractivity contribution in [3.63, 3.8) is 0 Å². The molecule has 3 aromatic carbocycles. The first kappa shape index (κ1) is 19.4. The quantitative estimate of drug-likeness (QED) is 0.467. The molecule has 2 heterocycles. The second kappa shape index (κ2) is 8.66. The molecule has 0 spiro atoms. The molecule has 0 radical (unpaired) electrons. The van der Waals surface area contributed by atoms with Gasteiger partial charge in [0.25, 0.3) is 0 Å². The van der Waals surface area contributed by atoms with Gasteiger partial charge in [0, 0.05) is 24.7 Å². The van der Waals surface area contributed by atoms with Gasteiger partial charge in [0.1, 0.15) is 17.9 Å². The summed E-state index contributed by atoms with van der Waals surface area (Å²) in [4.78, 5) is 14.9. The number of nitrogens with zero attached hydrogens (tertiary/aromatic N) is 1. The normalized spacial score (nSPS) is 14.0. The van der Waals surface area contributed by atoms with Gasteiger partial charge in [-0.05, 0) is 29.3 Å². The highest BCUT2D eigenvalue weighted by atomic mass is 16.5. The predicted octanol–water partition coefficient (Wildman–Crippen LogP) is 4.88. The highest BCUT2D eigenvalue weighted by Gasteiger charge is 2.17. The molecule has 0 N–H and O–H groups in total. The lowest BCUT2D eigenvalue weighted by atomic mass is 10.0. The highest BCUT2D eigenvalue weighted by Crippen LogP contribution is 2.32. The van der Waals surface area contributed by atoms with Crippen molar-refractivity contribution in [1.29, 1.82) is 0 Å². The van der Waals surface area contributed by atoms with Crippen LogP contribution in [0.1, 0.15) is 5.56 Å².